The summed E-state index contributed by atoms with van der Waals surface area (Å²) in [6, 6.07) is 2.84. The summed E-state index contributed by atoms with van der Waals surface area (Å²) in [4.78, 5) is 10.7. The highest BCUT2D eigenvalue weighted by Gasteiger charge is 2.21. The van der Waals surface area contributed by atoms with E-state index in [1.165, 1.54) is 13.0 Å². The van der Waals surface area contributed by atoms with E-state index in [1.54, 1.807) is 13.0 Å². The average molecular weight is 261 g/mol. The minimum atomic E-state index is -1.02. The van der Waals surface area contributed by atoms with Crippen molar-refractivity contribution >= 4 is 21.9 Å². The minimum Gasteiger partial charge on any atom is -0.481 e. The molecule has 0 spiro atoms. The zero-order chi connectivity index (χ0) is 10.9. The quantitative estimate of drug-likeness (QED) is 0.888. The molecule has 0 bridgehead atoms. The van der Waals surface area contributed by atoms with E-state index in [1.807, 2.05) is 0 Å². The molecule has 2 nitrogen and oxygen atoms in total. The van der Waals surface area contributed by atoms with E-state index in [0.717, 1.165) is 4.47 Å². The number of benzene rings is 1. The van der Waals surface area contributed by atoms with Gasteiger partial charge in [-0.1, -0.05) is 15.9 Å². The van der Waals surface area contributed by atoms with Gasteiger partial charge in [0, 0.05) is 10.0 Å². The van der Waals surface area contributed by atoms with Crippen molar-refractivity contribution in [3.05, 3.63) is 33.5 Å². The van der Waals surface area contributed by atoms with Crippen molar-refractivity contribution in [2.75, 3.05) is 0 Å². The number of aliphatic carboxylic acids is 1. The Morgan fingerprint density at radius 1 is 1.57 bits per heavy atom. The molecule has 4 heteroatoms. The molecule has 1 atom stereocenters. The van der Waals surface area contributed by atoms with Crippen LogP contribution in [0.15, 0.2) is 16.6 Å². The van der Waals surface area contributed by atoms with Gasteiger partial charge < -0.3 is 5.11 Å². The van der Waals surface area contributed by atoms with Crippen molar-refractivity contribution < 1.29 is 14.3 Å². The molecule has 0 radical (unpaired) electrons. The van der Waals surface area contributed by atoms with E-state index < -0.39 is 17.7 Å². The molecule has 1 unspecified atom stereocenters. The molecule has 14 heavy (non-hydrogen) atoms. The number of rotatable bonds is 2. The fraction of sp³-hybridized carbons (Fsp3) is 0.300. The van der Waals surface area contributed by atoms with E-state index in [4.69, 9.17) is 5.11 Å². The van der Waals surface area contributed by atoms with Crippen LogP contribution in [0.2, 0.25) is 0 Å². The van der Waals surface area contributed by atoms with Gasteiger partial charge in [-0.05, 0) is 31.5 Å². The monoisotopic (exact) mass is 260 g/mol. The third kappa shape index (κ3) is 1.95. The lowest BCUT2D eigenvalue weighted by molar-refractivity contribution is -0.138. The summed E-state index contributed by atoms with van der Waals surface area (Å²) < 4.78 is 14.1. The molecule has 0 heterocycles. The molecular formula is C10H10BrFO2. The van der Waals surface area contributed by atoms with Crippen LogP contribution >= 0.6 is 15.9 Å². The maximum atomic E-state index is 13.4. The van der Waals surface area contributed by atoms with E-state index in [-0.39, 0.29) is 5.56 Å². The van der Waals surface area contributed by atoms with Crippen LogP contribution in [0.1, 0.15) is 24.0 Å². The third-order valence-electron chi connectivity index (χ3n) is 2.20. The molecule has 0 fully saturated rings. The van der Waals surface area contributed by atoms with Crippen LogP contribution in [-0.4, -0.2) is 11.1 Å². The SMILES string of the molecule is Cc1c(Br)ccc(F)c1C(C)C(=O)O. The van der Waals surface area contributed by atoms with E-state index in [2.05, 4.69) is 15.9 Å². The highest BCUT2D eigenvalue weighted by atomic mass is 79.9. The number of carboxylic acid groups (broad SMARTS) is 1. The maximum absolute atomic E-state index is 13.4. The van der Waals surface area contributed by atoms with Gasteiger partial charge in [-0.15, -0.1) is 0 Å². The summed E-state index contributed by atoms with van der Waals surface area (Å²) in [7, 11) is 0. The molecule has 0 saturated carbocycles. The van der Waals surface area contributed by atoms with Crippen molar-refractivity contribution in [3.63, 3.8) is 0 Å². The molecule has 0 aliphatic heterocycles. The Balaban J connectivity index is 3.32. The topological polar surface area (TPSA) is 37.3 Å². The second kappa shape index (κ2) is 4.09. The largest absolute Gasteiger partial charge is 0.481 e. The number of hydrogen-bond acceptors (Lipinski definition) is 1. The molecule has 1 aromatic rings. The molecule has 1 aromatic carbocycles. The van der Waals surface area contributed by atoms with E-state index >= 15 is 0 Å². The minimum absolute atomic E-state index is 0.242. The Bertz CT molecular complexity index is 377. The standard InChI is InChI=1S/C10H10BrFO2/c1-5-7(11)3-4-8(12)9(5)6(2)10(13)14/h3-4,6H,1-2H3,(H,13,14). The first kappa shape index (κ1) is 11.2. The first-order chi connectivity index (χ1) is 6.45. The van der Waals surface area contributed by atoms with Gasteiger partial charge in [-0.2, -0.15) is 0 Å². The number of carbonyl (C=O) groups is 1. The van der Waals surface area contributed by atoms with Gasteiger partial charge in [-0.25, -0.2) is 4.39 Å². The van der Waals surface area contributed by atoms with Crippen molar-refractivity contribution in [3.8, 4) is 0 Å². The lowest BCUT2D eigenvalue weighted by Crippen LogP contribution is -2.11. The molecule has 0 aromatic heterocycles. The van der Waals surface area contributed by atoms with Crippen LogP contribution in [0.25, 0.3) is 0 Å². The van der Waals surface area contributed by atoms with Crippen LogP contribution in [-0.2, 0) is 4.79 Å². The second-order valence-electron chi connectivity index (χ2n) is 3.13. The highest BCUT2D eigenvalue weighted by molar-refractivity contribution is 9.10. The highest BCUT2D eigenvalue weighted by Crippen LogP contribution is 2.28. The van der Waals surface area contributed by atoms with Crippen molar-refractivity contribution in [1.82, 2.24) is 0 Å². The Morgan fingerprint density at radius 2 is 2.14 bits per heavy atom. The Hall–Kier alpha value is -0.900. The molecule has 76 valence electrons. The van der Waals surface area contributed by atoms with Crippen LogP contribution < -0.4 is 0 Å². The summed E-state index contributed by atoms with van der Waals surface area (Å²) in [6.07, 6.45) is 0. The Labute approximate surface area is 89.9 Å². The van der Waals surface area contributed by atoms with Crippen LogP contribution in [0.4, 0.5) is 4.39 Å². The maximum Gasteiger partial charge on any atom is 0.310 e. The fourth-order valence-corrected chi connectivity index (χ4v) is 1.67. The van der Waals surface area contributed by atoms with Crippen LogP contribution in [0, 0.1) is 12.7 Å². The molecule has 1 N–H and O–H groups in total. The van der Waals surface area contributed by atoms with Gasteiger partial charge in [0.05, 0.1) is 5.92 Å². The smallest absolute Gasteiger partial charge is 0.310 e. The predicted molar refractivity (Wildman–Crippen MR) is 54.9 cm³/mol. The molecule has 0 saturated heterocycles. The van der Waals surface area contributed by atoms with Crippen molar-refractivity contribution in [2.45, 2.75) is 19.8 Å². The zero-order valence-corrected chi connectivity index (χ0v) is 9.43. The Morgan fingerprint density at radius 3 is 2.64 bits per heavy atom. The molecule has 0 aliphatic carbocycles. The lowest BCUT2D eigenvalue weighted by Gasteiger charge is -2.12. The number of hydrogen-bond donors (Lipinski definition) is 1. The first-order valence-electron chi connectivity index (χ1n) is 4.12. The van der Waals surface area contributed by atoms with Gasteiger partial charge in [0.2, 0.25) is 0 Å². The predicted octanol–water partition coefficient (Wildman–Crippen LogP) is 3.08. The lowest BCUT2D eigenvalue weighted by atomic mass is 9.96. The van der Waals surface area contributed by atoms with Crippen LogP contribution in [0.3, 0.4) is 0 Å². The molecular weight excluding hydrogens is 251 g/mol. The van der Waals surface area contributed by atoms with Gasteiger partial charge in [0.1, 0.15) is 5.82 Å². The number of carboxylic acids is 1. The average Bonchev–Trinajstić information content (AvgIpc) is 2.12. The van der Waals surface area contributed by atoms with Gasteiger partial charge in [0.15, 0.2) is 0 Å². The van der Waals surface area contributed by atoms with Gasteiger partial charge in [0.25, 0.3) is 0 Å². The normalized spacial score (nSPS) is 12.6. The summed E-state index contributed by atoms with van der Waals surface area (Å²) in [5.41, 5.74) is 0.881. The van der Waals surface area contributed by atoms with Gasteiger partial charge in [-0.3, -0.25) is 4.79 Å². The van der Waals surface area contributed by atoms with Gasteiger partial charge >= 0.3 is 5.97 Å². The molecule has 1 rings (SSSR count). The summed E-state index contributed by atoms with van der Waals surface area (Å²) in [6.45, 7) is 3.17. The van der Waals surface area contributed by atoms with Crippen LogP contribution in [0.5, 0.6) is 0 Å². The summed E-state index contributed by atoms with van der Waals surface area (Å²) >= 11 is 3.24. The molecule has 0 aliphatic rings. The summed E-state index contributed by atoms with van der Waals surface area (Å²) in [5.74, 6) is -2.32. The molecule has 0 amide bonds. The fourth-order valence-electron chi connectivity index (χ4n) is 1.32. The Kier molecular flexibility index (Phi) is 3.26. The first-order valence-corrected chi connectivity index (χ1v) is 4.91. The second-order valence-corrected chi connectivity index (χ2v) is 3.98. The van der Waals surface area contributed by atoms with E-state index in [0.29, 0.717) is 5.56 Å². The number of halogens is 2. The van der Waals surface area contributed by atoms with Crippen molar-refractivity contribution in [2.24, 2.45) is 0 Å². The van der Waals surface area contributed by atoms with Crippen molar-refractivity contribution in [1.29, 1.82) is 0 Å². The summed E-state index contributed by atoms with van der Waals surface area (Å²) in [5, 5.41) is 8.79. The third-order valence-corrected chi connectivity index (χ3v) is 3.06. The zero-order valence-electron chi connectivity index (χ0n) is 7.84. The van der Waals surface area contributed by atoms with E-state index in [9.17, 15) is 9.18 Å².